The molecule has 0 aliphatic rings. The van der Waals surface area contributed by atoms with Crippen molar-refractivity contribution in [3.63, 3.8) is 0 Å². The molecule has 29 heavy (non-hydrogen) atoms. The van der Waals surface area contributed by atoms with Crippen molar-refractivity contribution < 1.29 is 28.8 Å². The summed E-state index contributed by atoms with van der Waals surface area (Å²) >= 11 is 0. The van der Waals surface area contributed by atoms with Gasteiger partial charge >= 0.3 is 23.8 Å². The van der Waals surface area contributed by atoms with E-state index >= 15 is 0 Å². The van der Waals surface area contributed by atoms with Gasteiger partial charge in [-0.1, -0.05) is 30.3 Å². The zero-order valence-electron chi connectivity index (χ0n) is 15.9. The Hall–Kier alpha value is -3.76. The summed E-state index contributed by atoms with van der Waals surface area (Å²) in [5, 5.41) is 13.5. The first kappa shape index (κ1) is 21.5. The molecule has 1 aromatic heterocycles. The average Bonchev–Trinajstić information content (AvgIpc) is 3.11. The Kier molecular flexibility index (Phi) is 7.40. The quantitative estimate of drug-likeness (QED) is 0.301. The van der Waals surface area contributed by atoms with Crippen molar-refractivity contribution in [3.05, 3.63) is 58.0 Å². The summed E-state index contributed by atoms with van der Waals surface area (Å²) in [6.45, 7) is 2.99. The van der Waals surface area contributed by atoms with Crippen molar-refractivity contribution in [1.82, 2.24) is 14.9 Å². The molecule has 11 heteroatoms. The smallest absolute Gasteiger partial charge is 0.416 e. The number of esters is 2. The highest BCUT2D eigenvalue weighted by atomic mass is 16.6. The molecule has 1 N–H and O–H groups in total. The number of amides is 1. The molecule has 0 radical (unpaired) electrons. The number of ether oxygens (including phenoxy) is 2. The highest BCUT2D eigenvalue weighted by molar-refractivity contribution is 6.02. The van der Waals surface area contributed by atoms with Gasteiger partial charge in [-0.15, -0.1) is 4.57 Å². The van der Waals surface area contributed by atoms with Crippen molar-refractivity contribution in [2.45, 2.75) is 26.3 Å². The predicted molar refractivity (Wildman–Crippen MR) is 99.1 cm³/mol. The fourth-order valence-corrected chi connectivity index (χ4v) is 2.49. The largest absolute Gasteiger partial charge is 0.464 e. The Bertz CT molecular complexity index is 877. The Morgan fingerprint density at radius 2 is 1.72 bits per heavy atom. The zero-order valence-corrected chi connectivity index (χ0v) is 15.9. The highest BCUT2D eigenvalue weighted by Gasteiger charge is 2.36. The van der Waals surface area contributed by atoms with E-state index in [9.17, 15) is 24.5 Å². The molecule has 0 saturated heterocycles. The highest BCUT2D eigenvalue weighted by Crippen LogP contribution is 2.17. The van der Waals surface area contributed by atoms with Crippen LogP contribution in [-0.4, -0.2) is 51.7 Å². The van der Waals surface area contributed by atoms with Gasteiger partial charge < -0.3 is 19.6 Å². The van der Waals surface area contributed by atoms with Crippen LogP contribution in [-0.2, 0) is 25.5 Å². The third-order valence-corrected chi connectivity index (χ3v) is 3.72. The van der Waals surface area contributed by atoms with Crippen LogP contribution in [0.5, 0.6) is 0 Å². The van der Waals surface area contributed by atoms with Crippen molar-refractivity contribution in [1.29, 1.82) is 0 Å². The number of carbonyl (C=O) groups is 3. The second-order valence-electron chi connectivity index (χ2n) is 5.67. The van der Waals surface area contributed by atoms with Crippen molar-refractivity contribution >= 4 is 23.8 Å². The zero-order chi connectivity index (χ0) is 21.4. The molecule has 2 rings (SSSR count). The number of nitro groups is 1. The van der Waals surface area contributed by atoms with Gasteiger partial charge in [0.1, 0.15) is 6.20 Å². The number of nitrogens with zero attached hydrogens (tertiary/aromatic N) is 3. The summed E-state index contributed by atoms with van der Waals surface area (Å²) in [4.78, 5) is 51.4. The number of carbonyl (C=O) groups excluding carboxylic acids is 3. The van der Waals surface area contributed by atoms with Crippen LogP contribution in [0.15, 0.2) is 36.5 Å². The molecule has 0 bridgehead atoms. The van der Waals surface area contributed by atoms with Gasteiger partial charge in [-0.05, 0) is 24.3 Å². The van der Waals surface area contributed by atoms with Gasteiger partial charge in [0.15, 0.2) is 0 Å². The van der Waals surface area contributed by atoms with E-state index in [0.717, 1.165) is 11.8 Å². The standard InChI is InChI=1S/C18H20N4O7/c1-3-28-16(23)15(17(24)29-4-2)20-18(25)21-13(19-11-14(21)22(26)27)10-12-8-6-5-7-9-12/h5-9,11,15H,3-4,10H2,1-2H3,(H,20,25). The molecule has 1 aromatic carbocycles. The minimum absolute atomic E-state index is 0.0326. The Balaban J connectivity index is 2.35. The van der Waals surface area contributed by atoms with Crippen LogP contribution in [0, 0.1) is 10.1 Å². The second-order valence-corrected chi connectivity index (χ2v) is 5.67. The van der Waals surface area contributed by atoms with E-state index in [4.69, 9.17) is 9.47 Å². The summed E-state index contributed by atoms with van der Waals surface area (Å²) in [7, 11) is 0. The van der Waals surface area contributed by atoms with E-state index in [-0.39, 0.29) is 25.5 Å². The molecule has 0 aliphatic heterocycles. The first-order chi connectivity index (χ1) is 13.9. The minimum atomic E-state index is -1.77. The molecule has 0 saturated carbocycles. The maximum absolute atomic E-state index is 12.8. The number of nitrogens with one attached hydrogen (secondary N) is 1. The summed E-state index contributed by atoms with van der Waals surface area (Å²) in [5.74, 6) is -2.62. The number of rotatable bonds is 8. The van der Waals surface area contributed by atoms with E-state index in [1.165, 1.54) is 13.8 Å². The summed E-state index contributed by atoms with van der Waals surface area (Å²) in [6, 6.07) is 6.03. The lowest BCUT2D eigenvalue weighted by Gasteiger charge is -2.15. The van der Waals surface area contributed by atoms with Gasteiger partial charge in [-0.2, -0.15) is 0 Å². The summed E-state index contributed by atoms with van der Waals surface area (Å²) in [5.41, 5.74) is 0.759. The lowest BCUT2D eigenvalue weighted by molar-refractivity contribution is -0.390. The SMILES string of the molecule is CCOC(=O)C(NC(=O)n1c([N+](=O)[O-])cnc1Cc1ccccc1)C(=O)OCC. The van der Waals surface area contributed by atoms with Crippen LogP contribution in [0.1, 0.15) is 25.2 Å². The van der Waals surface area contributed by atoms with Gasteiger partial charge in [0.2, 0.25) is 11.9 Å². The number of hydrogen-bond acceptors (Lipinski definition) is 8. The van der Waals surface area contributed by atoms with E-state index in [2.05, 4.69) is 10.3 Å². The van der Waals surface area contributed by atoms with Gasteiger partial charge in [0.25, 0.3) is 0 Å². The normalized spacial score (nSPS) is 10.4. The molecule has 0 spiro atoms. The lowest BCUT2D eigenvalue weighted by atomic mass is 10.1. The topological polar surface area (TPSA) is 143 Å². The van der Waals surface area contributed by atoms with Crippen LogP contribution in [0.2, 0.25) is 0 Å². The third-order valence-electron chi connectivity index (χ3n) is 3.72. The Morgan fingerprint density at radius 3 is 2.24 bits per heavy atom. The predicted octanol–water partition coefficient (Wildman–Crippen LogP) is 1.43. The first-order valence-corrected chi connectivity index (χ1v) is 8.78. The van der Waals surface area contributed by atoms with Crippen molar-refractivity contribution in [2.75, 3.05) is 13.2 Å². The van der Waals surface area contributed by atoms with Crippen LogP contribution < -0.4 is 5.32 Å². The van der Waals surface area contributed by atoms with Gasteiger partial charge in [-0.25, -0.2) is 19.4 Å². The Morgan fingerprint density at radius 1 is 1.14 bits per heavy atom. The molecule has 154 valence electrons. The Labute approximate surface area is 165 Å². The minimum Gasteiger partial charge on any atom is -0.464 e. The van der Waals surface area contributed by atoms with Gasteiger partial charge in [-0.3, -0.25) is 5.32 Å². The molecule has 0 fully saturated rings. The van der Waals surface area contributed by atoms with E-state index in [1.54, 1.807) is 30.3 Å². The first-order valence-electron chi connectivity index (χ1n) is 8.78. The van der Waals surface area contributed by atoms with E-state index in [1.807, 2.05) is 0 Å². The molecular formula is C18H20N4O7. The molecule has 1 heterocycles. The van der Waals surface area contributed by atoms with Crippen molar-refractivity contribution in [3.8, 4) is 0 Å². The number of hydrogen-bond donors (Lipinski definition) is 1. The maximum Gasteiger partial charge on any atom is 0.416 e. The van der Waals surface area contributed by atoms with Crippen LogP contribution in [0.25, 0.3) is 0 Å². The van der Waals surface area contributed by atoms with E-state index < -0.39 is 34.8 Å². The van der Waals surface area contributed by atoms with Crippen LogP contribution in [0.4, 0.5) is 10.6 Å². The molecule has 0 aliphatic carbocycles. The lowest BCUT2D eigenvalue weighted by Crippen LogP contribution is -2.49. The molecule has 0 unspecified atom stereocenters. The molecule has 1 amide bonds. The van der Waals surface area contributed by atoms with Crippen molar-refractivity contribution in [2.24, 2.45) is 0 Å². The molecule has 0 atom stereocenters. The van der Waals surface area contributed by atoms with Gasteiger partial charge in [0.05, 0.1) is 19.6 Å². The molecule has 11 nitrogen and oxygen atoms in total. The number of imidazole rings is 1. The van der Waals surface area contributed by atoms with Gasteiger partial charge in [0, 0.05) is 0 Å². The van der Waals surface area contributed by atoms with E-state index in [0.29, 0.717) is 4.57 Å². The number of aromatic nitrogens is 2. The fourth-order valence-electron chi connectivity index (χ4n) is 2.49. The maximum atomic E-state index is 12.8. The fraction of sp³-hybridized carbons (Fsp3) is 0.333. The number of benzene rings is 1. The monoisotopic (exact) mass is 404 g/mol. The molecular weight excluding hydrogens is 384 g/mol. The molecule has 2 aromatic rings. The third kappa shape index (κ3) is 5.37. The average molecular weight is 404 g/mol. The summed E-state index contributed by atoms with van der Waals surface area (Å²) in [6.07, 6.45) is 1.05. The second kappa shape index (κ2) is 9.97. The van der Waals surface area contributed by atoms with Crippen LogP contribution >= 0.6 is 0 Å². The summed E-state index contributed by atoms with van der Waals surface area (Å²) < 4.78 is 10.3. The van der Waals surface area contributed by atoms with Crippen LogP contribution in [0.3, 0.4) is 0 Å².